The Labute approximate surface area is 110 Å². The van der Waals surface area contributed by atoms with Gasteiger partial charge in [-0.05, 0) is 12.1 Å². The summed E-state index contributed by atoms with van der Waals surface area (Å²) in [6.07, 6.45) is 1.99. The largest absolute Gasteiger partial charge is 0.330 e. The van der Waals surface area contributed by atoms with Crippen molar-refractivity contribution in [3.8, 4) is 0 Å². The molecule has 0 unspecified atom stereocenters. The zero-order valence-corrected chi connectivity index (χ0v) is 10.7. The van der Waals surface area contributed by atoms with Crippen molar-refractivity contribution in [2.75, 3.05) is 11.4 Å². The van der Waals surface area contributed by atoms with Gasteiger partial charge in [-0.3, -0.25) is 15.0 Å². The summed E-state index contributed by atoms with van der Waals surface area (Å²) in [5.74, 6) is 0.0147. The highest BCUT2D eigenvalue weighted by molar-refractivity contribution is 9.10. The zero-order valence-electron chi connectivity index (χ0n) is 9.13. The summed E-state index contributed by atoms with van der Waals surface area (Å²) in [6, 6.07) is 3.13. The Morgan fingerprint density at radius 1 is 1.39 bits per heavy atom. The smallest absolute Gasteiger partial charge is 0.278 e. The first kappa shape index (κ1) is 11.1. The highest BCUT2D eigenvalue weighted by Gasteiger charge is 2.27. The van der Waals surface area contributed by atoms with Crippen molar-refractivity contribution < 1.29 is 9.59 Å². The van der Waals surface area contributed by atoms with Gasteiger partial charge < -0.3 is 0 Å². The number of halogens is 1. The van der Waals surface area contributed by atoms with Gasteiger partial charge in [0.05, 0.1) is 0 Å². The van der Waals surface area contributed by atoms with E-state index in [1.165, 1.54) is 4.90 Å². The topological polar surface area (TPSA) is 79.6 Å². The molecular weight excluding hydrogens is 302 g/mol. The third-order valence-corrected chi connectivity index (χ3v) is 3.08. The van der Waals surface area contributed by atoms with Crippen LogP contribution >= 0.6 is 15.9 Å². The molecule has 8 heteroatoms. The average molecular weight is 310 g/mol. The second kappa shape index (κ2) is 4.05. The number of carbonyl (C=O) groups excluding carboxylic acids is 2. The van der Waals surface area contributed by atoms with Crippen LogP contribution in [0.3, 0.4) is 0 Å². The molecule has 3 heterocycles. The van der Waals surface area contributed by atoms with Gasteiger partial charge in [0.2, 0.25) is 5.91 Å². The van der Waals surface area contributed by atoms with E-state index in [1.807, 2.05) is 6.07 Å². The molecule has 2 aromatic heterocycles. The van der Waals surface area contributed by atoms with Crippen LogP contribution in [0, 0.1) is 0 Å². The number of hydrogen-bond acceptors (Lipinski definition) is 4. The lowest BCUT2D eigenvalue weighted by Gasteiger charge is -2.22. The van der Waals surface area contributed by atoms with Gasteiger partial charge in [-0.1, -0.05) is 15.9 Å². The van der Waals surface area contributed by atoms with Gasteiger partial charge >= 0.3 is 6.03 Å². The first-order valence-corrected chi connectivity index (χ1v) is 6.06. The number of aromatic nitrogens is 3. The number of fused-ring (bicyclic) bond motifs is 1. The van der Waals surface area contributed by atoms with Crippen molar-refractivity contribution in [1.82, 2.24) is 19.9 Å². The van der Waals surface area contributed by atoms with Crippen LogP contribution in [0.15, 0.2) is 22.8 Å². The number of imide groups is 1. The number of carbonyl (C=O) groups is 2. The molecule has 7 nitrogen and oxygen atoms in total. The molecule has 0 bridgehead atoms. The normalized spacial score (nSPS) is 16.2. The van der Waals surface area contributed by atoms with Crippen LogP contribution in [0.1, 0.15) is 6.42 Å². The van der Waals surface area contributed by atoms with Crippen molar-refractivity contribution >= 4 is 39.5 Å². The summed E-state index contributed by atoms with van der Waals surface area (Å²) in [5, 5.41) is 6.42. The molecule has 3 amide bonds. The maximum Gasteiger partial charge on any atom is 0.330 e. The van der Waals surface area contributed by atoms with Crippen LogP contribution in [-0.4, -0.2) is 33.1 Å². The molecule has 0 aliphatic carbocycles. The highest BCUT2D eigenvalue weighted by atomic mass is 79.9. The monoisotopic (exact) mass is 309 g/mol. The molecular formula is C10H8BrN5O2. The molecule has 2 aromatic rings. The van der Waals surface area contributed by atoms with Crippen LogP contribution in [0.2, 0.25) is 0 Å². The molecule has 0 atom stereocenters. The van der Waals surface area contributed by atoms with Gasteiger partial charge in [-0.25, -0.2) is 9.31 Å². The Balaban J connectivity index is 1.99. The van der Waals surface area contributed by atoms with E-state index in [0.717, 1.165) is 4.47 Å². The molecule has 1 saturated heterocycles. The molecule has 0 aromatic carbocycles. The molecule has 18 heavy (non-hydrogen) atoms. The lowest BCUT2D eigenvalue weighted by atomic mass is 10.3. The van der Waals surface area contributed by atoms with Gasteiger partial charge in [-0.2, -0.15) is 4.98 Å². The summed E-state index contributed by atoms with van der Waals surface area (Å²) in [6.45, 7) is 0.294. The Bertz CT molecular complexity index is 653. The van der Waals surface area contributed by atoms with E-state index in [1.54, 1.807) is 16.8 Å². The Kier molecular flexibility index (Phi) is 2.51. The first-order valence-electron chi connectivity index (χ1n) is 5.27. The van der Waals surface area contributed by atoms with Crippen LogP contribution < -0.4 is 10.2 Å². The van der Waals surface area contributed by atoms with Crippen molar-refractivity contribution in [2.24, 2.45) is 0 Å². The van der Waals surface area contributed by atoms with Crippen molar-refractivity contribution in [2.45, 2.75) is 6.42 Å². The molecule has 1 aliphatic rings. The lowest BCUT2D eigenvalue weighted by molar-refractivity contribution is -0.120. The Morgan fingerprint density at radius 2 is 2.22 bits per heavy atom. The maximum atomic E-state index is 11.6. The standard InChI is InChI=1S/C10H8BrN5O2/c11-6-1-4-16-7(5-6)12-9(14-16)15-3-2-8(17)13-10(15)18/h1,4-5H,2-3H2,(H,13,17,18). The van der Waals surface area contributed by atoms with Gasteiger partial charge in [0, 0.05) is 23.6 Å². The second-order valence-electron chi connectivity index (χ2n) is 3.81. The van der Waals surface area contributed by atoms with E-state index in [-0.39, 0.29) is 18.3 Å². The number of pyridine rings is 1. The predicted molar refractivity (Wildman–Crippen MR) is 66.2 cm³/mol. The summed E-state index contributed by atoms with van der Waals surface area (Å²) >= 11 is 3.34. The minimum Gasteiger partial charge on any atom is -0.278 e. The van der Waals surface area contributed by atoms with Gasteiger partial charge in [0.25, 0.3) is 5.95 Å². The van der Waals surface area contributed by atoms with Crippen LogP contribution in [0.4, 0.5) is 10.7 Å². The summed E-state index contributed by atoms with van der Waals surface area (Å²) < 4.78 is 2.45. The van der Waals surface area contributed by atoms with Gasteiger partial charge in [0.15, 0.2) is 5.65 Å². The van der Waals surface area contributed by atoms with E-state index in [4.69, 9.17) is 0 Å². The molecule has 1 N–H and O–H groups in total. The summed E-state index contributed by atoms with van der Waals surface area (Å²) in [7, 11) is 0. The van der Waals surface area contributed by atoms with Gasteiger partial charge in [0.1, 0.15) is 0 Å². The van der Waals surface area contributed by atoms with E-state index in [9.17, 15) is 9.59 Å². The SMILES string of the molecule is O=C1CCN(c2nc3cc(Br)ccn3n2)C(=O)N1. The number of nitrogens with zero attached hydrogens (tertiary/aromatic N) is 4. The highest BCUT2D eigenvalue weighted by Crippen LogP contribution is 2.16. The minimum absolute atomic E-state index is 0.255. The zero-order chi connectivity index (χ0) is 12.7. The van der Waals surface area contributed by atoms with Crippen molar-refractivity contribution in [3.63, 3.8) is 0 Å². The third kappa shape index (κ3) is 1.84. The number of rotatable bonds is 1. The van der Waals surface area contributed by atoms with E-state index in [2.05, 4.69) is 31.3 Å². The molecule has 3 rings (SSSR count). The van der Waals surface area contributed by atoms with Crippen LogP contribution in [0.5, 0.6) is 0 Å². The maximum absolute atomic E-state index is 11.6. The Hall–Kier alpha value is -1.96. The minimum atomic E-state index is -0.485. The first-order chi connectivity index (χ1) is 8.63. The second-order valence-corrected chi connectivity index (χ2v) is 4.73. The number of nitrogens with one attached hydrogen (secondary N) is 1. The molecule has 1 fully saturated rings. The fourth-order valence-electron chi connectivity index (χ4n) is 1.71. The number of hydrogen-bond donors (Lipinski definition) is 1. The molecule has 0 spiro atoms. The fourth-order valence-corrected chi connectivity index (χ4v) is 2.04. The molecule has 92 valence electrons. The quantitative estimate of drug-likeness (QED) is 0.850. The van der Waals surface area contributed by atoms with Crippen molar-refractivity contribution in [1.29, 1.82) is 0 Å². The number of amides is 3. The van der Waals surface area contributed by atoms with E-state index in [0.29, 0.717) is 12.2 Å². The van der Waals surface area contributed by atoms with Gasteiger partial charge in [-0.15, -0.1) is 5.10 Å². The molecule has 0 radical (unpaired) electrons. The van der Waals surface area contributed by atoms with Crippen molar-refractivity contribution in [3.05, 3.63) is 22.8 Å². The predicted octanol–water partition coefficient (Wildman–Crippen LogP) is 0.938. The van der Waals surface area contributed by atoms with E-state index < -0.39 is 6.03 Å². The average Bonchev–Trinajstić information content (AvgIpc) is 2.71. The fraction of sp³-hybridized carbons (Fsp3) is 0.200. The van der Waals surface area contributed by atoms with Crippen LogP contribution in [0.25, 0.3) is 5.65 Å². The van der Waals surface area contributed by atoms with E-state index >= 15 is 0 Å². The Morgan fingerprint density at radius 3 is 3.00 bits per heavy atom. The number of urea groups is 1. The third-order valence-electron chi connectivity index (χ3n) is 2.58. The lowest BCUT2D eigenvalue weighted by Crippen LogP contribution is -2.50. The summed E-state index contributed by atoms with van der Waals surface area (Å²) in [4.78, 5) is 28.3. The summed E-state index contributed by atoms with van der Waals surface area (Å²) in [5.41, 5.74) is 0.629. The molecule has 1 aliphatic heterocycles. The van der Waals surface area contributed by atoms with Crippen LogP contribution in [-0.2, 0) is 4.79 Å². The molecule has 0 saturated carbocycles. The number of anilines is 1.